The maximum absolute atomic E-state index is 12.6. The van der Waals surface area contributed by atoms with Gasteiger partial charge in [-0.25, -0.2) is 0 Å². The highest BCUT2D eigenvalue weighted by molar-refractivity contribution is 5.46. The van der Waals surface area contributed by atoms with Gasteiger partial charge in [-0.15, -0.1) is 10.1 Å². The maximum Gasteiger partial charge on any atom is 0.294 e. The summed E-state index contributed by atoms with van der Waals surface area (Å²) in [4.78, 5) is 27.2. The van der Waals surface area contributed by atoms with E-state index in [1.807, 2.05) is 0 Å². The first-order valence-corrected chi connectivity index (χ1v) is 9.12. The van der Waals surface area contributed by atoms with Gasteiger partial charge in [-0.2, -0.15) is 5.26 Å². The van der Waals surface area contributed by atoms with E-state index in [0.717, 1.165) is 5.56 Å². The van der Waals surface area contributed by atoms with Crippen molar-refractivity contribution in [1.82, 2.24) is 4.57 Å². The van der Waals surface area contributed by atoms with Crippen LogP contribution in [-0.2, 0) is 11.3 Å². The summed E-state index contributed by atoms with van der Waals surface area (Å²) in [5.41, 5.74) is 0.439. The lowest BCUT2D eigenvalue weighted by atomic mass is 9.85. The third-order valence-electron chi connectivity index (χ3n) is 4.95. The molecule has 1 aromatic carbocycles. The highest BCUT2D eigenvalue weighted by Crippen LogP contribution is 2.41. The zero-order valence-corrected chi connectivity index (χ0v) is 16.1. The Balaban J connectivity index is 2.00. The number of ether oxygens (including phenoxy) is 1. The van der Waals surface area contributed by atoms with E-state index in [0.29, 0.717) is 29.7 Å². The van der Waals surface area contributed by atoms with E-state index in [-0.39, 0.29) is 12.2 Å². The average Bonchev–Trinajstić information content (AvgIpc) is 2.67. The molecule has 1 aliphatic heterocycles. The van der Waals surface area contributed by atoms with Gasteiger partial charge in [0.1, 0.15) is 17.5 Å². The Morgan fingerprint density at radius 1 is 1.38 bits per heavy atom. The normalized spacial score (nSPS) is 19.5. The van der Waals surface area contributed by atoms with Gasteiger partial charge >= 0.3 is 0 Å². The number of aryl methyl sites for hydroxylation is 1. The number of aliphatic hydroxyl groups is 1. The van der Waals surface area contributed by atoms with Crippen LogP contribution in [0.2, 0.25) is 0 Å². The lowest BCUT2D eigenvalue weighted by molar-refractivity contribution is -0.757. The molecule has 9 heteroatoms. The maximum atomic E-state index is 12.6. The Morgan fingerprint density at radius 2 is 2.14 bits per heavy atom. The van der Waals surface area contributed by atoms with Gasteiger partial charge in [0.25, 0.3) is 10.6 Å². The predicted octanol–water partition coefficient (Wildman–Crippen LogP) is 1.98. The summed E-state index contributed by atoms with van der Waals surface area (Å²) in [6.45, 7) is 3.42. The molecule has 0 spiro atoms. The molecular formula is C20H21N3O6. The molecule has 0 unspecified atom stereocenters. The number of aliphatic hydroxyl groups excluding tert-OH is 1. The SMILES string of the molecule is CC1(C)Oc2ccc(C#N)cc2[C@@H](n2cc(CCCO[N+](=O)[O-])ccc2=O)[C@@H]1O. The fourth-order valence-corrected chi connectivity index (χ4v) is 3.47. The summed E-state index contributed by atoms with van der Waals surface area (Å²) < 4.78 is 7.33. The zero-order chi connectivity index (χ0) is 21.2. The van der Waals surface area contributed by atoms with Crippen LogP contribution in [0.4, 0.5) is 0 Å². The topological polar surface area (TPSA) is 128 Å². The molecule has 29 heavy (non-hydrogen) atoms. The second kappa shape index (κ2) is 7.93. The Morgan fingerprint density at radius 3 is 2.83 bits per heavy atom. The lowest BCUT2D eigenvalue weighted by Gasteiger charge is -2.42. The van der Waals surface area contributed by atoms with E-state index < -0.39 is 22.8 Å². The predicted molar refractivity (Wildman–Crippen MR) is 102 cm³/mol. The molecule has 9 nitrogen and oxygen atoms in total. The van der Waals surface area contributed by atoms with Crippen molar-refractivity contribution < 1.29 is 19.8 Å². The van der Waals surface area contributed by atoms with Crippen LogP contribution in [0.25, 0.3) is 0 Å². The Labute approximate surface area is 166 Å². The van der Waals surface area contributed by atoms with E-state index in [1.54, 1.807) is 44.3 Å². The monoisotopic (exact) mass is 399 g/mol. The number of hydrogen-bond acceptors (Lipinski definition) is 7. The van der Waals surface area contributed by atoms with E-state index in [9.17, 15) is 25.3 Å². The molecule has 1 aliphatic rings. The molecule has 0 radical (unpaired) electrons. The van der Waals surface area contributed by atoms with Crippen molar-refractivity contribution in [3.05, 3.63) is 73.7 Å². The molecule has 0 fully saturated rings. The largest absolute Gasteiger partial charge is 0.485 e. The summed E-state index contributed by atoms with van der Waals surface area (Å²) in [7, 11) is 0. The number of benzene rings is 1. The summed E-state index contributed by atoms with van der Waals surface area (Å²) >= 11 is 0. The lowest BCUT2D eigenvalue weighted by Crippen LogP contribution is -2.52. The number of rotatable bonds is 6. The summed E-state index contributed by atoms with van der Waals surface area (Å²) in [6, 6.07) is 9.26. The number of nitriles is 1. The van der Waals surface area contributed by atoms with Crippen LogP contribution < -0.4 is 10.3 Å². The van der Waals surface area contributed by atoms with Crippen LogP contribution in [-0.4, -0.2) is 33.1 Å². The van der Waals surface area contributed by atoms with Crippen LogP contribution in [0.5, 0.6) is 5.75 Å². The molecule has 0 saturated heterocycles. The van der Waals surface area contributed by atoms with Crippen molar-refractivity contribution in [2.45, 2.75) is 44.4 Å². The summed E-state index contributed by atoms with van der Waals surface area (Å²) in [5, 5.41) is 29.6. The standard InChI is InChI=1S/C20H21N3O6/c1-20(2)19(25)18(15-10-14(11-21)5-7-16(15)29-20)22-12-13(6-8-17(22)24)4-3-9-28-23(26)27/h5-8,10,12,18-19,25H,3-4,9H2,1-2H3/t18-,19+/m1/s1. The average molecular weight is 399 g/mol. The minimum atomic E-state index is -1.05. The van der Waals surface area contributed by atoms with Crippen molar-refractivity contribution in [3.63, 3.8) is 0 Å². The minimum Gasteiger partial charge on any atom is -0.485 e. The van der Waals surface area contributed by atoms with Gasteiger partial charge in [-0.05, 0) is 50.5 Å². The van der Waals surface area contributed by atoms with E-state index >= 15 is 0 Å². The first-order valence-electron chi connectivity index (χ1n) is 9.12. The number of pyridine rings is 1. The first kappa shape index (κ1) is 20.4. The molecule has 152 valence electrons. The molecular weight excluding hydrogens is 378 g/mol. The van der Waals surface area contributed by atoms with Crippen LogP contribution >= 0.6 is 0 Å². The molecule has 2 heterocycles. The molecule has 1 aromatic heterocycles. The van der Waals surface area contributed by atoms with Gasteiger partial charge in [-0.3, -0.25) is 4.79 Å². The molecule has 0 saturated carbocycles. The third-order valence-corrected chi connectivity index (χ3v) is 4.95. The highest BCUT2D eigenvalue weighted by Gasteiger charge is 2.44. The van der Waals surface area contributed by atoms with Crippen molar-refractivity contribution in [2.24, 2.45) is 0 Å². The van der Waals surface area contributed by atoms with Gasteiger partial charge in [0.2, 0.25) is 0 Å². The Bertz CT molecular complexity index is 1020. The van der Waals surface area contributed by atoms with Crippen molar-refractivity contribution in [2.75, 3.05) is 6.61 Å². The zero-order valence-electron chi connectivity index (χ0n) is 16.1. The van der Waals surface area contributed by atoms with Crippen molar-refractivity contribution in [1.29, 1.82) is 5.26 Å². The molecule has 2 atom stereocenters. The fraction of sp³-hybridized carbons (Fsp3) is 0.400. The molecule has 3 rings (SSSR count). The molecule has 0 bridgehead atoms. The van der Waals surface area contributed by atoms with Gasteiger partial charge in [0, 0.05) is 17.8 Å². The number of aromatic nitrogens is 1. The molecule has 1 N–H and O–H groups in total. The van der Waals surface area contributed by atoms with Crippen LogP contribution in [0, 0.1) is 21.4 Å². The van der Waals surface area contributed by atoms with Gasteiger partial charge < -0.3 is 19.2 Å². The second-order valence-corrected chi connectivity index (χ2v) is 7.40. The number of hydrogen-bond donors (Lipinski definition) is 1. The Hall–Kier alpha value is -3.38. The summed E-state index contributed by atoms with van der Waals surface area (Å²) in [5.74, 6) is 0.501. The smallest absolute Gasteiger partial charge is 0.294 e. The van der Waals surface area contributed by atoms with Crippen LogP contribution in [0.1, 0.15) is 43.0 Å². The highest BCUT2D eigenvalue weighted by atomic mass is 16.9. The number of fused-ring (bicyclic) bond motifs is 1. The van der Waals surface area contributed by atoms with Gasteiger partial charge in [-0.1, -0.05) is 6.07 Å². The third kappa shape index (κ3) is 4.22. The van der Waals surface area contributed by atoms with Crippen molar-refractivity contribution in [3.8, 4) is 11.8 Å². The van der Waals surface area contributed by atoms with Crippen molar-refractivity contribution >= 4 is 0 Å². The van der Waals surface area contributed by atoms with E-state index in [4.69, 9.17) is 4.74 Å². The van der Waals surface area contributed by atoms with Crippen LogP contribution in [0.15, 0.2) is 41.3 Å². The first-order chi connectivity index (χ1) is 13.7. The summed E-state index contributed by atoms with van der Waals surface area (Å²) in [6.07, 6.45) is 1.44. The van der Waals surface area contributed by atoms with E-state index in [1.165, 1.54) is 10.6 Å². The minimum absolute atomic E-state index is 0.0482. The Kier molecular flexibility index (Phi) is 5.57. The second-order valence-electron chi connectivity index (χ2n) is 7.40. The van der Waals surface area contributed by atoms with Gasteiger partial charge in [0.15, 0.2) is 0 Å². The number of nitrogens with zero attached hydrogens (tertiary/aromatic N) is 3. The molecule has 0 aliphatic carbocycles. The quantitative estimate of drug-likeness (QED) is 0.447. The van der Waals surface area contributed by atoms with Crippen LogP contribution in [0.3, 0.4) is 0 Å². The van der Waals surface area contributed by atoms with E-state index in [2.05, 4.69) is 10.9 Å². The van der Waals surface area contributed by atoms with Gasteiger partial charge in [0.05, 0.1) is 24.3 Å². The molecule has 2 aromatic rings. The molecule has 0 amide bonds. The fourth-order valence-electron chi connectivity index (χ4n) is 3.47.